The molecule has 94 valence electrons. The molecule has 0 unspecified atom stereocenters. The van der Waals surface area contributed by atoms with Crippen molar-refractivity contribution < 1.29 is 9.18 Å². The fraction of sp³-hybridized carbons (Fsp3) is 0.154. The molecule has 2 aromatic rings. The van der Waals surface area contributed by atoms with E-state index in [1.165, 1.54) is 12.1 Å². The van der Waals surface area contributed by atoms with E-state index in [0.717, 1.165) is 5.69 Å². The predicted molar refractivity (Wildman–Crippen MR) is 72.2 cm³/mol. The van der Waals surface area contributed by atoms with E-state index in [2.05, 4.69) is 21.2 Å². The van der Waals surface area contributed by atoms with Crippen molar-refractivity contribution >= 4 is 27.5 Å². The van der Waals surface area contributed by atoms with E-state index < -0.39 is 5.82 Å². The van der Waals surface area contributed by atoms with Crippen LogP contribution in [0.4, 0.5) is 10.1 Å². The third kappa shape index (κ3) is 2.46. The van der Waals surface area contributed by atoms with Crippen LogP contribution < -0.4 is 5.32 Å². The van der Waals surface area contributed by atoms with Crippen LogP contribution in [0.3, 0.4) is 0 Å². The molecule has 18 heavy (non-hydrogen) atoms. The minimum atomic E-state index is -0.392. The number of hydrogen-bond acceptors (Lipinski definition) is 1. The number of anilines is 1. The molecule has 3 nitrogen and oxygen atoms in total. The lowest BCUT2D eigenvalue weighted by atomic mass is 10.3. The van der Waals surface area contributed by atoms with Gasteiger partial charge in [0.1, 0.15) is 11.5 Å². The molecule has 0 aliphatic rings. The minimum Gasteiger partial charge on any atom is -0.344 e. The molecule has 0 fully saturated rings. The fourth-order valence-electron chi connectivity index (χ4n) is 1.62. The maximum absolute atomic E-state index is 13.1. The molecule has 0 saturated heterocycles. The van der Waals surface area contributed by atoms with Gasteiger partial charge in [-0.1, -0.05) is 0 Å². The largest absolute Gasteiger partial charge is 0.344 e. The zero-order valence-corrected chi connectivity index (χ0v) is 11.6. The third-order valence-electron chi connectivity index (χ3n) is 2.78. The Morgan fingerprint density at radius 1 is 1.33 bits per heavy atom. The molecule has 0 aliphatic carbocycles. The van der Waals surface area contributed by atoms with Crippen LogP contribution in [0.25, 0.3) is 0 Å². The van der Waals surface area contributed by atoms with Crippen molar-refractivity contribution in [2.24, 2.45) is 7.05 Å². The quantitative estimate of drug-likeness (QED) is 0.905. The number of aromatic nitrogens is 1. The Balaban J connectivity index is 2.27. The zero-order chi connectivity index (χ0) is 13.3. The Labute approximate surface area is 113 Å². The number of carbonyl (C=O) groups is 1. The summed E-state index contributed by atoms with van der Waals surface area (Å²) in [4.78, 5) is 12.0. The van der Waals surface area contributed by atoms with Crippen LogP contribution >= 0.6 is 15.9 Å². The van der Waals surface area contributed by atoms with Crippen LogP contribution in [0, 0.1) is 12.7 Å². The molecule has 0 bridgehead atoms. The SMILES string of the molecule is Cc1ccc(C(=O)Nc2cc(F)ccc2Br)n1C. The summed E-state index contributed by atoms with van der Waals surface area (Å²) in [5.41, 5.74) is 1.93. The second-order valence-electron chi connectivity index (χ2n) is 4.00. The number of aryl methyl sites for hydroxylation is 1. The molecule has 0 atom stereocenters. The fourth-order valence-corrected chi connectivity index (χ4v) is 1.97. The summed E-state index contributed by atoms with van der Waals surface area (Å²) >= 11 is 3.27. The Kier molecular flexibility index (Phi) is 3.52. The molecule has 1 amide bonds. The normalized spacial score (nSPS) is 10.4. The molecule has 0 radical (unpaired) electrons. The van der Waals surface area contributed by atoms with Crippen LogP contribution in [0.5, 0.6) is 0 Å². The first-order valence-electron chi connectivity index (χ1n) is 5.38. The number of carbonyl (C=O) groups excluding carboxylic acids is 1. The van der Waals surface area contributed by atoms with Crippen LogP contribution in [-0.4, -0.2) is 10.5 Å². The molecule has 0 saturated carbocycles. The van der Waals surface area contributed by atoms with Crippen molar-refractivity contribution in [3.05, 3.63) is 52.0 Å². The number of halogens is 2. The summed E-state index contributed by atoms with van der Waals surface area (Å²) in [6.45, 7) is 1.91. The van der Waals surface area contributed by atoms with E-state index in [9.17, 15) is 9.18 Å². The average Bonchev–Trinajstić information content (AvgIpc) is 2.65. The first kappa shape index (κ1) is 12.8. The molecule has 1 aromatic carbocycles. The maximum Gasteiger partial charge on any atom is 0.272 e. The highest BCUT2D eigenvalue weighted by molar-refractivity contribution is 9.10. The molecular formula is C13H12BrFN2O. The average molecular weight is 311 g/mol. The highest BCUT2D eigenvalue weighted by Gasteiger charge is 2.12. The van der Waals surface area contributed by atoms with E-state index in [0.29, 0.717) is 15.9 Å². The van der Waals surface area contributed by atoms with Crippen LogP contribution in [0.15, 0.2) is 34.8 Å². The standard InChI is InChI=1S/C13H12BrFN2O/c1-8-3-6-12(17(8)2)13(18)16-11-7-9(15)4-5-10(11)14/h3-7H,1-2H3,(H,16,18). The molecule has 0 aliphatic heterocycles. The van der Waals surface area contributed by atoms with Crippen LogP contribution in [0.2, 0.25) is 0 Å². The molecule has 1 N–H and O–H groups in total. The lowest BCUT2D eigenvalue weighted by molar-refractivity contribution is 0.101. The van der Waals surface area contributed by atoms with Crippen molar-refractivity contribution in [2.75, 3.05) is 5.32 Å². The van der Waals surface area contributed by atoms with Crippen LogP contribution in [0.1, 0.15) is 16.2 Å². The summed E-state index contributed by atoms with van der Waals surface area (Å²) in [6.07, 6.45) is 0. The first-order chi connectivity index (χ1) is 8.49. The van der Waals surface area contributed by atoms with Gasteiger partial charge in [-0.15, -0.1) is 0 Å². The van der Waals surface area contributed by atoms with E-state index in [1.54, 1.807) is 16.7 Å². The Hall–Kier alpha value is -1.62. The summed E-state index contributed by atoms with van der Waals surface area (Å²) in [6, 6.07) is 7.75. The molecular weight excluding hydrogens is 299 g/mol. The zero-order valence-electron chi connectivity index (χ0n) is 10.00. The molecule has 1 aromatic heterocycles. The van der Waals surface area contributed by atoms with Crippen molar-refractivity contribution in [1.82, 2.24) is 4.57 Å². The van der Waals surface area contributed by atoms with E-state index in [4.69, 9.17) is 0 Å². The maximum atomic E-state index is 13.1. The predicted octanol–water partition coefficient (Wildman–Crippen LogP) is 3.49. The van der Waals surface area contributed by atoms with Gasteiger partial charge >= 0.3 is 0 Å². The van der Waals surface area contributed by atoms with Crippen molar-refractivity contribution in [3.8, 4) is 0 Å². The van der Waals surface area contributed by atoms with Crippen molar-refractivity contribution in [3.63, 3.8) is 0 Å². The Bertz CT molecular complexity index is 607. The number of nitrogens with zero attached hydrogens (tertiary/aromatic N) is 1. The van der Waals surface area contributed by atoms with Crippen molar-refractivity contribution in [1.29, 1.82) is 0 Å². The second kappa shape index (κ2) is 4.94. The molecule has 0 spiro atoms. The lowest BCUT2D eigenvalue weighted by Gasteiger charge is -2.08. The third-order valence-corrected chi connectivity index (χ3v) is 3.47. The van der Waals surface area contributed by atoms with Crippen molar-refractivity contribution in [2.45, 2.75) is 6.92 Å². The van der Waals surface area contributed by atoms with Gasteiger partial charge in [-0.2, -0.15) is 0 Å². The summed E-state index contributed by atoms with van der Waals surface area (Å²) in [5.74, 6) is -0.659. The van der Waals surface area contributed by atoms with E-state index >= 15 is 0 Å². The smallest absolute Gasteiger partial charge is 0.272 e. The van der Waals surface area contributed by atoms with Gasteiger partial charge in [0, 0.05) is 17.2 Å². The number of amides is 1. The number of benzene rings is 1. The lowest BCUT2D eigenvalue weighted by Crippen LogP contribution is -2.16. The minimum absolute atomic E-state index is 0.267. The topological polar surface area (TPSA) is 34.0 Å². The molecule has 5 heteroatoms. The first-order valence-corrected chi connectivity index (χ1v) is 6.17. The van der Waals surface area contributed by atoms with Gasteiger partial charge in [-0.3, -0.25) is 4.79 Å². The highest BCUT2D eigenvalue weighted by Crippen LogP contribution is 2.23. The molecule has 2 rings (SSSR count). The Morgan fingerprint density at radius 3 is 2.67 bits per heavy atom. The second-order valence-corrected chi connectivity index (χ2v) is 4.85. The summed E-state index contributed by atoms with van der Waals surface area (Å²) in [7, 11) is 1.81. The number of nitrogens with one attached hydrogen (secondary N) is 1. The van der Waals surface area contributed by atoms with Gasteiger partial charge in [0.15, 0.2) is 0 Å². The van der Waals surface area contributed by atoms with Gasteiger partial charge in [-0.05, 0) is 53.2 Å². The number of rotatable bonds is 2. The monoisotopic (exact) mass is 310 g/mol. The Morgan fingerprint density at radius 2 is 2.06 bits per heavy atom. The van der Waals surface area contributed by atoms with E-state index in [1.807, 2.05) is 20.0 Å². The van der Waals surface area contributed by atoms with Gasteiger partial charge in [0.25, 0.3) is 5.91 Å². The van der Waals surface area contributed by atoms with Gasteiger partial charge in [-0.25, -0.2) is 4.39 Å². The highest BCUT2D eigenvalue weighted by atomic mass is 79.9. The molecule has 1 heterocycles. The number of hydrogen-bond donors (Lipinski definition) is 1. The summed E-state index contributed by atoms with van der Waals surface area (Å²) in [5, 5.41) is 2.67. The van der Waals surface area contributed by atoms with E-state index in [-0.39, 0.29) is 5.91 Å². The van der Waals surface area contributed by atoms with Gasteiger partial charge in [0.05, 0.1) is 5.69 Å². The van der Waals surface area contributed by atoms with Gasteiger partial charge in [0.2, 0.25) is 0 Å². The summed E-state index contributed by atoms with van der Waals surface area (Å²) < 4.78 is 15.5. The van der Waals surface area contributed by atoms with Gasteiger partial charge < -0.3 is 9.88 Å². The van der Waals surface area contributed by atoms with Crippen LogP contribution in [-0.2, 0) is 7.05 Å².